The Kier molecular flexibility index (Phi) is 3.07. The molecule has 7 nitrogen and oxygen atoms in total. The maximum atomic E-state index is 11.9. The Morgan fingerprint density at radius 3 is 2.70 bits per heavy atom. The molecule has 0 bridgehead atoms. The highest BCUT2D eigenvalue weighted by molar-refractivity contribution is 5.54. The first-order valence-electron chi connectivity index (χ1n) is 6.33. The Balaban J connectivity index is 2.11. The highest BCUT2D eigenvalue weighted by Gasteiger charge is 2.35. The molecule has 0 radical (unpaired) electrons. The molecule has 106 valence electrons. The molecule has 0 aromatic carbocycles. The zero-order chi connectivity index (χ0) is 14.3. The molecule has 3 N–H and O–H groups in total. The monoisotopic (exact) mass is 278 g/mol. The van der Waals surface area contributed by atoms with Crippen LogP contribution in [-0.2, 0) is 0 Å². The number of aliphatic hydroxyl groups is 2. The molecule has 0 saturated heterocycles. The number of H-pyrrole nitrogens is 1. The van der Waals surface area contributed by atoms with E-state index in [0.717, 1.165) is 0 Å². The van der Waals surface area contributed by atoms with Crippen LogP contribution in [0.25, 0.3) is 11.3 Å². The van der Waals surface area contributed by atoms with E-state index in [4.69, 9.17) is 4.42 Å². The van der Waals surface area contributed by atoms with E-state index in [2.05, 4.69) is 4.98 Å². The summed E-state index contributed by atoms with van der Waals surface area (Å²) in [5.41, 5.74) is -0.944. The number of aliphatic hydroxyl groups excluding tert-OH is 2. The third kappa shape index (κ3) is 2.00. The molecule has 0 unspecified atom stereocenters. The first-order chi connectivity index (χ1) is 9.58. The van der Waals surface area contributed by atoms with Gasteiger partial charge in [0.15, 0.2) is 0 Å². The van der Waals surface area contributed by atoms with Crippen molar-refractivity contribution in [2.24, 2.45) is 0 Å². The van der Waals surface area contributed by atoms with Gasteiger partial charge in [0.2, 0.25) is 0 Å². The van der Waals surface area contributed by atoms with E-state index < -0.39 is 29.5 Å². The molecule has 0 amide bonds. The van der Waals surface area contributed by atoms with Crippen molar-refractivity contribution < 1.29 is 14.6 Å². The predicted octanol–water partition coefficient (Wildman–Crippen LogP) is -0.147. The van der Waals surface area contributed by atoms with Crippen molar-refractivity contribution in [2.75, 3.05) is 0 Å². The molecule has 2 heterocycles. The number of nitrogens with one attached hydrogen (secondary N) is 1. The van der Waals surface area contributed by atoms with Crippen LogP contribution >= 0.6 is 0 Å². The van der Waals surface area contributed by atoms with Crippen LogP contribution in [0.5, 0.6) is 0 Å². The molecule has 1 aliphatic rings. The molecular formula is C13H14N2O5. The van der Waals surface area contributed by atoms with Crippen molar-refractivity contribution in [1.29, 1.82) is 0 Å². The van der Waals surface area contributed by atoms with Gasteiger partial charge in [0.25, 0.3) is 5.56 Å². The Hall–Kier alpha value is -2.12. The molecular weight excluding hydrogens is 264 g/mol. The minimum Gasteiger partial charge on any atom is -0.464 e. The topological polar surface area (TPSA) is 108 Å². The third-order valence-corrected chi connectivity index (χ3v) is 3.66. The van der Waals surface area contributed by atoms with Crippen LogP contribution in [0.3, 0.4) is 0 Å². The summed E-state index contributed by atoms with van der Waals surface area (Å²) in [5, 5.41) is 19.5. The summed E-state index contributed by atoms with van der Waals surface area (Å²) in [6.07, 6.45) is 1.79. The van der Waals surface area contributed by atoms with Crippen LogP contribution in [-0.4, -0.2) is 32.0 Å². The zero-order valence-corrected chi connectivity index (χ0v) is 10.5. The first-order valence-corrected chi connectivity index (χ1v) is 6.33. The van der Waals surface area contributed by atoms with Gasteiger partial charge in [-0.3, -0.25) is 14.3 Å². The lowest BCUT2D eigenvalue weighted by atomic mass is 10.2. The molecule has 2 aromatic rings. The second-order valence-electron chi connectivity index (χ2n) is 4.89. The van der Waals surface area contributed by atoms with Crippen LogP contribution in [0.4, 0.5) is 0 Å². The van der Waals surface area contributed by atoms with Gasteiger partial charge in [0, 0.05) is 6.20 Å². The van der Waals surface area contributed by atoms with Gasteiger partial charge in [-0.2, -0.15) is 0 Å². The van der Waals surface area contributed by atoms with Crippen LogP contribution in [0.2, 0.25) is 0 Å². The number of rotatable bonds is 2. The van der Waals surface area contributed by atoms with E-state index in [9.17, 15) is 19.8 Å². The van der Waals surface area contributed by atoms with E-state index in [1.807, 2.05) is 0 Å². The third-order valence-electron chi connectivity index (χ3n) is 3.66. The number of aromatic nitrogens is 2. The number of hydrogen-bond acceptors (Lipinski definition) is 5. The summed E-state index contributed by atoms with van der Waals surface area (Å²) in [6.45, 7) is 0. The highest BCUT2D eigenvalue weighted by atomic mass is 16.3. The van der Waals surface area contributed by atoms with Crippen LogP contribution in [0.15, 0.2) is 38.6 Å². The van der Waals surface area contributed by atoms with Crippen LogP contribution in [0.1, 0.15) is 18.9 Å². The van der Waals surface area contributed by atoms with E-state index in [1.54, 1.807) is 12.1 Å². The second-order valence-corrected chi connectivity index (χ2v) is 4.89. The fourth-order valence-electron chi connectivity index (χ4n) is 2.58. The van der Waals surface area contributed by atoms with Crippen molar-refractivity contribution in [3.8, 4) is 11.3 Å². The summed E-state index contributed by atoms with van der Waals surface area (Å²) in [4.78, 5) is 25.9. The van der Waals surface area contributed by atoms with E-state index >= 15 is 0 Å². The Morgan fingerprint density at radius 1 is 1.30 bits per heavy atom. The Morgan fingerprint density at radius 2 is 2.10 bits per heavy atom. The Bertz CT molecular complexity index is 715. The minimum atomic E-state index is -1.02. The molecule has 7 heteroatoms. The molecule has 3 rings (SSSR count). The van der Waals surface area contributed by atoms with Gasteiger partial charge in [-0.15, -0.1) is 0 Å². The normalized spacial score (nSPS) is 26.0. The molecule has 0 aliphatic heterocycles. The van der Waals surface area contributed by atoms with E-state index in [0.29, 0.717) is 18.6 Å². The number of hydrogen-bond donors (Lipinski definition) is 3. The van der Waals surface area contributed by atoms with Gasteiger partial charge in [0.1, 0.15) is 11.9 Å². The number of aromatic amines is 1. The minimum absolute atomic E-state index is 0.211. The van der Waals surface area contributed by atoms with E-state index in [-0.39, 0.29) is 5.56 Å². The number of nitrogens with zero attached hydrogens (tertiary/aromatic N) is 1. The molecule has 1 saturated carbocycles. The smallest absolute Gasteiger partial charge is 0.328 e. The second kappa shape index (κ2) is 4.77. The zero-order valence-electron chi connectivity index (χ0n) is 10.5. The molecule has 3 atom stereocenters. The Labute approximate surface area is 113 Å². The average molecular weight is 278 g/mol. The van der Waals surface area contributed by atoms with Crippen LogP contribution < -0.4 is 11.2 Å². The summed E-state index contributed by atoms with van der Waals surface area (Å²) in [7, 11) is 0. The van der Waals surface area contributed by atoms with Crippen molar-refractivity contribution in [1.82, 2.24) is 9.55 Å². The predicted molar refractivity (Wildman–Crippen MR) is 69.3 cm³/mol. The summed E-state index contributed by atoms with van der Waals surface area (Å²) in [5.74, 6) is 0.341. The van der Waals surface area contributed by atoms with Crippen LogP contribution in [0, 0.1) is 0 Å². The largest absolute Gasteiger partial charge is 0.464 e. The van der Waals surface area contributed by atoms with Gasteiger partial charge in [-0.1, -0.05) is 0 Å². The van der Waals surface area contributed by atoms with Crippen molar-refractivity contribution in [2.45, 2.75) is 31.1 Å². The van der Waals surface area contributed by atoms with Crippen molar-refractivity contribution in [3.63, 3.8) is 0 Å². The first kappa shape index (κ1) is 12.9. The molecule has 0 spiro atoms. The summed E-state index contributed by atoms with van der Waals surface area (Å²) < 4.78 is 6.41. The highest BCUT2D eigenvalue weighted by Crippen LogP contribution is 2.29. The molecule has 2 aromatic heterocycles. The number of furan rings is 1. The maximum Gasteiger partial charge on any atom is 0.328 e. The fraction of sp³-hybridized carbons (Fsp3) is 0.385. The van der Waals surface area contributed by atoms with E-state index in [1.165, 1.54) is 17.0 Å². The van der Waals surface area contributed by atoms with Crippen molar-refractivity contribution >= 4 is 0 Å². The lowest BCUT2D eigenvalue weighted by molar-refractivity contribution is 0.0226. The summed E-state index contributed by atoms with van der Waals surface area (Å²) >= 11 is 0. The van der Waals surface area contributed by atoms with Crippen molar-refractivity contribution in [3.05, 3.63) is 45.4 Å². The standard InChI is InChI=1S/C13H14N2O5/c16-9-4-3-8(11(9)17)15-6-7(10-2-1-5-20-10)12(18)14-13(15)19/h1-2,5-6,8-9,11,16-17H,3-4H2,(H,14,18,19)/t8-,9-,11+/m1/s1. The lowest BCUT2D eigenvalue weighted by Crippen LogP contribution is -2.37. The van der Waals surface area contributed by atoms with Gasteiger partial charge >= 0.3 is 5.69 Å². The molecule has 20 heavy (non-hydrogen) atoms. The maximum absolute atomic E-state index is 11.9. The van der Waals surface area contributed by atoms with Gasteiger partial charge < -0.3 is 14.6 Å². The van der Waals surface area contributed by atoms with Gasteiger partial charge in [-0.25, -0.2) is 4.79 Å². The lowest BCUT2D eigenvalue weighted by Gasteiger charge is -2.19. The summed E-state index contributed by atoms with van der Waals surface area (Å²) in [6, 6.07) is 2.70. The van der Waals surface area contributed by atoms with Gasteiger partial charge in [0.05, 0.1) is 24.0 Å². The van der Waals surface area contributed by atoms with Gasteiger partial charge in [-0.05, 0) is 25.0 Å². The average Bonchev–Trinajstić information content (AvgIpc) is 3.03. The molecule has 1 aliphatic carbocycles. The fourth-order valence-corrected chi connectivity index (χ4v) is 2.58. The molecule has 1 fully saturated rings. The SMILES string of the molecule is O=c1[nH]c(=O)n([C@@H]2CC[C@@H](O)[C@H]2O)cc1-c1ccco1. The quantitative estimate of drug-likeness (QED) is 0.708.